The van der Waals surface area contributed by atoms with Crippen LogP contribution in [0, 0.1) is 6.92 Å². The van der Waals surface area contributed by atoms with Gasteiger partial charge in [0.15, 0.2) is 0 Å². The van der Waals surface area contributed by atoms with E-state index < -0.39 is 0 Å². The number of hydrogen-bond donors (Lipinski definition) is 1. The number of benzene rings is 2. The molecule has 4 heteroatoms. The van der Waals surface area contributed by atoms with E-state index in [-0.39, 0.29) is 11.9 Å². The van der Waals surface area contributed by atoms with Gasteiger partial charge in [0, 0.05) is 11.7 Å². The smallest absolute Gasteiger partial charge is 0.253 e. The summed E-state index contributed by atoms with van der Waals surface area (Å²) in [5.74, 6) is 0.833. The summed E-state index contributed by atoms with van der Waals surface area (Å²) in [6.45, 7) is 4.60. The molecule has 1 saturated carbocycles. The van der Waals surface area contributed by atoms with Crippen LogP contribution in [-0.4, -0.2) is 23.1 Å². The Kier molecular flexibility index (Phi) is 6.22. The molecule has 1 heterocycles. The Labute approximate surface area is 178 Å². The van der Waals surface area contributed by atoms with E-state index in [0.717, 1.165) is 46.8 Å². The van der Waals surface area contributed by atoms with Crippen LogP contribution in [-0.2, 0) is 0 Å². The number of amides is 1. The van der Waals surface area contributed by atoms with E-state index in [1.165, 1.54) is 19.3 Å². The quantitative estimate of drug-likeness (QED) is 0.557. The summed E-state index contributed by atoms with van der Waals surface area (Å²) in [6.07, 6.45) is 5.81. The monoisotopic (exact) mass is 402 g/mol. The fourth-order valence-electron chi connectivity index (χ4n) is 4.40. The molecule has 0 spiro atoms. The van der Waals surface area contributed by atoms with Crippen LogP contribution in [0.15, 0.2) is 60.7 Å². The summed E-state index contributed by atoms with van der Waals surface area (Å²) in [7, 11) is 0. The molecule has 3 aromatic rings. The van der Waals surface area contributed by atoms with Crippen LogP contribution in [0.3, 0.4) is 0 Å². The van der Waals surface area contributed by atoms with E-state index in [1.807, 2.05) is 62.4 Å². The Morgan fingerprint density at radius 3 is 2.47 bits per heavy atom. The van der Waals surface area contributed by atoms with Crippen molar-refractivity contribution in [3.63, 3.8) is 0 Å². The lowest BCUT2D eigenvalue weighted by atomic mass is 9.95. The Bertz CT molecular complexity index is 1000. The fraction of sp³-hybridized carbons (Fsp3) is 0.346. The molecule has 1 amide bonds. The van der Waals surface area contributed by atoms with Gasteiger partial charge in [0.25, 0.3) is 5.91 Å². The SMILES string of the molecule is CCOc1ccccc1-n1c(-c2ccccc2)cc(C(=O)NC2CCCCC2)c1C. The third-order valence-electron chi connectivity index (χ3n) is 5.91. The van der Waals surface area contributed by atoms with E-state index in [4.69, 9.17) is 4.74 Å². The highest BCUT2D eigenvalue weighted by molar-refractivity contribution is 5.97. The summed E-state index contributed by atoms with van der Waals surface area (Å²) in [5.41, 5.74) is 4.67. The zero-order valence-electron chi connectivity index (χ0n) is 17.9. The maximum absolute atomic E-state index is 13.2. The third-order valence-corrected chi connectivity index (χ3v) is 5.91. The molecule has 0 unspecified atom stereocenters. The van der Waals surface area contributed by atoms with Crippen molar-refractivity contribution in [3.8, 4) is 22.7 Å². The van der Waals surface area contributed by atoms with Crippen molar-refractivity contribution in [3.05, 3.63) is 71.9 Å². The Morgan fingerprint density at radius 2 is 1.73 bits per heavy atom. The van der Waals surface area contributed by atoms with Gasteiger partial charge in [0.05, 0.1) is 23.6 Å². The van der Waals surface area contributed by atoms with Crippen molar-refractivity contribution in [2.45, 2.75) is 52.0 Å². The van der Waals surface area contributed by atoms with E-state index in [2.05, 4.69) is 22.0 Å². The second-order valence-electron chi connectivity index (χ2n) is 7.94. The highest BCUT2D eigenvalue weighted by Gasteiger charge is 2.23. The average Bonchev–Trinajstić information content (AvgIpc) is 3.13. The van der Waals surface area contributed by atoms with E-state index >= 15 is 0 Å². The number of para-hydroxylation sites is 2. The molecular formula is C26H30N2O2. The minimum Gasteiger partial charge on any atom is -0.492 e. The third kappa shape index (κ3) is 4.13. The summed E-state index contributed by atoms with van der Waals surface area (Å²) in [6, 6.07) is 20.5. The molecule has 1 fully saturated rings. The minimum atomic E-state index is 0.0178. The standard InChI is InChI=1S/C26H30N2O2/c1-3-30-25-17-11-10-16-23(25)28-19(2)22(18-24(28)20-12-6-4-7-13-20)26(29)27-21-14-8-5-9-15-21/h4,6-7,10-13,16-18,21H,3,5,8-9,14-15H2,1-2H3,(H,27,29). The van der Waals surface area contributed by atoms with Crippen molar-refractivity contribution in [2.24, 2.45) is 0 Å². The number of aromatic nitrogens is 1. The van der Waals surface area contributed by atoms with E-state index in [9.17, 15) is 4.79 Å². The van der Waals surface area contributed by atoms with Crippen molar-refractivity contribution >= 4 is 5.91 Å². The molecule has 0 radical (unpaired) electrons. The van der Waals surface area contributed by atoms with Gasteiger partial charge in [-0.25, -0.2) is 0 Å². The van der Waals surface area contributed by atoms with Crippen LogP contribution >= 0.6 is 0 Å². The number of hydrogen-bond acceptors (Lipinski definition) is 2. The van der Waals surface area contributed by atoms with Crippen molar-refractivity contribution in [1.82, 2.24) is 9.88 Å². The molecule has 1 aromatic heterocycles. The van der Waals surface area contributed by atoms with Crippen LogP contribution in [0.2, 0.25) is 0 Å². The predicted molar refractivity (Wildman–Crippen MR) is 121 cm³/mol. The average molecular weight is 403 g/mol. The Morgan fingerprint density at radius 1 is 1.03 bits per heavy atom. The maximum atomic E-state index is 13.2. The molecule has 1 aliphatic carbocycles. The molecule has 4 rings (SSSR count). The first-order valence-electron chi connectivity index (χ1n) is 11.0. The van der Waals surface area contributed by atoms with E-state index in [0.29, 0.717) is 6.61 Å². The zero-order chi connectivity index (χ0) is 20.9. The van der Waals surface area contributed by atoms with Crippen LogP contribution in [0.5, 0.6) is 5.75 Å². The van der Waals surface area contributed by atoms with Crippen LogP contribution < -0.4 is 10.1 Å². The lowest BCUT2D eigenvalue weighted by Gasteiger charge is -2.22. The minimum absolute atomic E-state index is 0.0178. The molecule has 4 nitrogen and oxygen atoms in total. The van der Waals surface area contributed by atoms with Crippen LogP contribution in [0.1, 0.15) is 55.1 Å². The topological polar surface area (TPSA) is 43.3 Å². The van der Waals surface area contributed by atoms with Crippen molar-refractivity contribution < 1.29 is 9.53 Å². The normalized spacial score (nSPS) is 14.5. The summed E-state index contributed by atoms with van der Waals surface area (Å²) in [4.78, 5) is 13.2. The van der Waals surface area contributed by atoms with Crippen LogP contribution in [0.4, 0.5) is 0 Å². The van der Waals surface area contributed by atoms with E-state index in [1.54, 1.807) is 0 Å². The molecule has 1 aliphatic rings. The van der Waals surface area contributed by atoms with Gasteiger partial charge in [-0.3, -0.25) is 4.79 Å². The Balaban J connectivity index is 1.79. The lowest BCUT2D eigenvalue weighted by Crippen LogP contribution is -2.36. The van der Waals surface area contributed by atoms with Gasteiger partial charge in [0.2, 0.25) is 0 Å². The zero-order valence-corrected chi connectivity index (χ0v) is 17.9. The molecule has 0 aliphatic heterocycles. The molecular weight excluding hydrogens is 372 g/mol. The number of ether oxygens (including phenoxy) is 1. The molecule has 0 bridgehead atoms. The number of nitrogens with zero attached hydrogens (tertiary/aromatic N) is 1. The molecule has 30 heavy (non-hydrogen) atoms. The summed E-state index contributed by atoms with van der Waals surface area (Å²) < 4.78 is 8.06. The number of carbonyl (C=O) groups is 1. The maximum Gasteiger partial charge on any atom is 0.253 e. The number of carbonyl (C=O) groups excluding carboxylic acids is 1. The highest BCUT2D eigenvalue weighted by atomic mass is 16.5. The molecule has 1 N–H and O–H groups in total. The van der Waals surface area contributed by atoms with Gasteiger partial charge >= 0.3 is 0 Å². The molecule has 2 aromatic carbocycles. The second-order valence-corrected chi connectivity index (χ2v) is 7.94. The predicted octanol–water partition coefficient (Wildman–Crippen LogP) is 5.91. The Hall–Kier alpha value is -3.01. The van der Waals surface area contributed by atoms with Gasteiger partial charge < -0.3 is 14.6 Å². The summed E-state index contributed by atoms with van der Waals surface area (Å²) >= 11 is 0. The van der Waals surface area contributed by atoms with Crippen molar-refractivity contribution in [2.75, 3.05) is 6.61 Å². The largest absolute Gasteiger partial charge is 0.492 e. The number of nitrogens with one attached hydrogen (secondary N) is 1. The summed E-state index contributed by atoms with van der Waals surface area (Å²) in [5, 5.41) is 3.28. The molecule has 0 saturated heterocycles. The molecule has 0 atom stereocenters. The van der Waals surface area contributed by atoms with Gasteiger partial charge in [-0.1, -0.05) is 61.7 Å². The van der Waals surface area contributed by atoms with Gasteiger partial charge in [-0.15, -0.1) is 0 Å². The fourth-order valence-corrected chi connectivity index (χ4v) is 4.40. The first kappa shape index (κ1) is 20.3. The second kappa shape index (κ2) is 9.21. The van der Waals surface area contributed by atoms with Gasteiger partial charge in [0.1, 0.15) is 5.75 Å². The first-order valence-corrected chi connectivity index (χ1v) is 11.0. The number of rotatable bonds is 6. The first-order chi connectivity index (χ1) is 14.7. The van der Waals surface area contributed by atoms with Crippen molar-refractivity contribution in [1.29, 1.82) is 0 Å². The molecule has 156 valence electrons. The van der Waals surface area contributed by atoms with Gasteiger partial charge in [-0.2, -0.15) is 0 Å². The highest BCUT2D eigenvalue weighted by Crippen LogP contribution is 2.34. The van der Waals surface area contributed by atoms with Gasteiger partial charge in [-0.05, 0) is 50.5 Å². The van der Waals surface area contributed by atoms with Crippen LogP contribution in [0.25, 0.3) is 16.9 Å². The lowest BCUT2D eigenvalue weighted by molar-refractivity contribution is 0.0927.